The second-order valence-electron chi connectivity index (χ2n) is 4.85. The molecule has 1 aliphatic carbocycles. The zero-order valence-electron chi connectivity index (χ0n) is 11.1. The van der Waals surface area contributed by atoms with Gasteiger partial charge in [-0.05, 0) is 54.7 Å². The molecule has 2 aromatic rings. The van der Waals surface area contributed by atoms with Crippen LogP contribution in [0.2, 0.25) is 0 Å². The monoisotopic (exact) mass is 237 g/mol. The quantitative estimate of drug-likeness (QED) is 0.662. The van der Waals surface area contributed by atoms with Gasteiger partial charge in [-0.1, -0.05) is 30.3 Å². The molecule has 0 radical (unpaired) electrons. The van der Waals surface area contributed by atoms with Crippen molar-refractivity contribution in [3.63, 3.8) is 0 Å². The van der Waals surface area contributed by atoms with E-state index in [4.69, 9.17) is 0 Å². The van der Waals surface area contributed by atoms with Gasteiger partial charge in [0.2, 0.25) is 0 Å². The Morgan fingerprint density at radius 3 is 2.39 bits per heavy atom. The molecule has 0 amide bonds. The molecule has 0 atom stereocenters. The molecule has 0 saturated heterocycles. The number of anilines is 1. The first kappa shape index (κ1) is 11.3. The third-order valence-corrected chi connectivity index (χ3v) is 3.91. The number of hydrogen-bond donors (Lipinski definition) is 0. The van der Waals surface area contributed by atoms with Crippen LogP contribution in [0, 0.1) is 0 Å². The maximum Gasteiger partial charge on any atom is 0.0369 e. The highest BCUT2D eigenvalue weighted by Gasteiger charge is 2.18. The summed E-state index contributed by atoms with van der Waals surface area (Å²) in [5.41, 5.74) is 7.12. The Bertz CT molecular complexity index is 568. The van der Waals surface area contributed by atoms with Gasteiger partial charge in [0.15, 0.2) is 0 Å². The van der Waals surface area contributed by atoms with E-state index in [2.05, 4.69) is 61.2 Å². The Kier molecular flexibility index (Phi) is 2.83. The van der Waals surface area contributed by atoms with Crippen LogP contribution in [0.3, 0.4) is 0 Å². The van der Waals surface area contributed by atoms with Crippen LogP contribution in [0.25, 0.3) is 11.1 Å². The highest BCUT2D eigenvalue weighted by Crippen LogP contribution is 2.38. The van der Waals surface area contributed by atoms with Crippen LogP contribution in [0.15, 0.2) is 42.5 Å². The zero-order valence-corrected chi connectivity index (χ0v) is 11.1. The maximum absolute atomic E-state index is 2.41. The average Bonchev–Trinajstić information content (AvgIpc) is 2.78. The molecule has 1 nitrogen and oxygen atoms in total. The van der Waals surface area contributed by atoms with Gasteiger partial charge in [0.05, 0.1) is 0 Å². The van der Waals surface area contributed by atoms with Gasteiger partial charge in [-0.3, -0.25) is 0 Å². The topological polar surface area (TPSA) is 3.24 Å². The Morgan fingerprint density at radius 2 is 1.61 bits per heavy atom. The van der Waals surface area contributed by atoms with E-state index >= 15 is 0 Å². The molecule has 18 heavy (non-hydrogen) atoms. The lowest BCUT2D eigenvalue weighted by Gasteiger charge is -2.21. The van der Waals surface area contributed by atoms with Gasteiger partial charge in [0.25, 0.3) is 0 Å². The molecule has 0 N–H and O–H groups in total. The minimum absolute atomic E-state index is 1.07. The lowest BCUT2D eigenvalue weighted by atomic mass is 10.1. The highest BCUT2D eigenvalue weighted by atomic mass is 15.1. The van der Waals surface area contributed by atoms with E-state index in [9.17, 15) is 0 Å². The first-order valence-electron chi connectivity index (χ1n) is 6.79. The van der Waals surface area contributed by atoms with Crippen molar-refractivity contribution < 1.29 is 0 Å². The Labute approximate surface area is 109 Å². The SMILES string of the molecule is CCN(CC)c1ccc2c(c1)Cc1ccccc1-2. The molecule has 0 fully saturated rings. The van der Waals surface area contributed by atoms with Crippen molar-refractivity contribution >= 4 is 5.69 Å². The maximum atomic E-state index is 2.41. The lowest BCUT2D eigenvalue weighted by molar-refractivity contribution is 0.865. The van der Waals surface area contributed by atoms with Crippen LogP contribution in [0.1, 0.15) is 25.0 Å². The summed E-state index contributed by atoms with van der Waals surface area (Å²) in [6.07, 6.45) is 1.08. The van der Waals surface area contributed by atoms with Crippen molar-refractivity contribution in [2.45, 2.75) is 20.3 Å². The highest BCUT2D eigenvalue weighted by molar-refractivity contribution is 5.78. The first-order chi connectivity index (χ1) is 8.83. The predicted octanol–water partition coefficient (Wildman–Crippen LogP) is 4.10. The molecule has 1 heteroatoms. The number of nitrogens with zero attached hydrogens (tertiary/aromatic N) is 1. The molecule has 0 unspecified atom stereocenters. The molecule has 0 bridgehead atoms. The summed E-state index contributed by atoms with van der Waals surface area (Å²) in [7, 11) is 0. The van der Waals surface area contributed by atoms with Crippen molar-refractivity contribution in [3.05, 3.63) is 53.6 Å². The predicted molar refractivity (Wildman–Crippen MR) is 78.2 cm³/mol. The summed E-state index contributed by atoms with van der Waals surface area (Å²) in [5, 5.41) is 0. The fraction of sp³-hybridized carbons (Fsp3) is 0.294. The van der Waals surface area contributed by atoms with E-state index in [1.54, 1.807) is 0 Å². The number of rotatable bonds is 3. The summed E-state index contributed by atoms with van der Waals surface area (Å²) < 4.78 is 0. The summed E-state index contributed by atoms with van der Waals surface area (Å²) in [6.45, 7) is 6.57. The number of hydrogen-bond acceptors (Lipinski definition) is 1. The van der Waals surface area contributed by atoms with Crippen molar-refractivity contribution in [2.75, 3.05) is 18.0 Å². The standard InChI is InChI=1S/C17H19N/c1-3-18(4-2)15-9-10-17-14(12-15)11-13-7-5-6-8-16(13)17/h5-10,12H,3-4,11H2,1-2H3. The summed E-state index contributed by atoms with van der Waals surface area (Å²) in [5.74, 6) is 0. The molecule has 1 aliphatic rings. The van der Waals surface area contributed by atoms with Gasteiger partial charge in [0, 0.05) is 18.8 Å². The lowest BCUT2D eigenvalue weighted by Crippen LogP contribution is -2.21. The van der Waals surface area contributed by atoms with Crippen LogP contribution >= 0.6 is 0 Å². The van der Waals surface area contributed by atoms with Crippen LogP contribution in [0.4, 0.5) is 5.69 Å². The molecular formula is C17H19N. The number of benzene rings is 2. The third kappa shape index (κ3) is 1.71. The molecule has 3 rings (SSSR count). The third-order valence-electron chi connectivity index (χ3n) is 3.91. The van der Waals surface area contributed by atoms with Crippen molar-refractivity contribution in [2.24, 2.45) is 0 Å². The van der Waals surface area contributed by atoms with Crippen LogP contribution in [0.5, 0.6) is 0 Å². The van der Waals surface area contributed by atoms with Crippen LogP contribution in [-0.2, 0) is 6.42 Å². The average molecular weight is 237 g/mol. The Balaban J connectivity index is 2.03. The van der Waals surface area contributed by atoms with E-state index in [1.165, 1.54) is 27.9 Å². The second kappa shape index (κ2) is 4.49. The minimum atomic E-state index is 1.07. The molecule has 0 aromatic heterocycles. The van der Waals surface area contributed by atoms with Crippen LogP contribution in [-0.4, -0.2) is 13.1 Å². The Morgan fingerprint density at radius 1 is 0.889 bits per heavy atom. The van der Waals surface area contributed by atoms with E-state index in [0.717, 1.165) is 19.5 Å². The summed E-state index contributed by atoms with van der Waals surface area (Å²) in [6, 6.07) is 15.7. The normalized spacial score (nSPS) is 12.1. The molecule has 2 aromatic carbocycles. The molecule has 0 heterocycles. The Hall–Kier alpha value is -1.76. The zero-order chi connectivity index (χ0) is 12.5. The van der Waals surface area contributed by atoms with E-state index in [0.29, 0.717) is 0 Å². The number of fused-ring (bicyclic) bond motifs is 3. The van der Waals surface area contributed by atoms with Crippen molar-refractivity contribution in [1.29, 1.82) is 0 Å². The van der Waals surface area contributed by atoms with Gasteiger partial charge in [0.1, 0.15) is 0 Å². The smallest absolute Gasteiger partial charge is 0.0369 e. The largest absolute Gasteiger partial charge is 0.372 e. The van der Waals surface area contributed by atoms with Crippen molar-refractivity contribution in [1.82, 2.24) is 0 Å². The molecule has 92 valence electrons. The van der Waals surface area contributed by atoms with Gasteiger partial charge in [-0.15, -0.1) is 0 Å². The molecule has 0 aliphatic heterocycles. The van der Waals surface area contributed by atoms with Gasteiger partial charge < -0.3 is 4.90 Å². The summed E-state index contributed by atoms with van der Waals surface area (Å²) >= 11 is 0. The van der Waals surface area contributed by atoms with E-state index in [1.807, 2.05) is 0 Å². The van der Waals surface area contributed by atoms with Gasteiger partial charge >= 0.3 is 0 Å². The van der Waals surface area contributed by atoms with E-state index < -0.39 is 0 Å². The van der Waals surface area contributed by atoms with Crippen molar-refractivity contribution in [3.8, 4) is 11.1 Å². The van der Waals surface area contributed by atoms with E-state index in [-0.39, 0.29) is 0 Å². The second-order valence-corrected chi connectivity index (χ2v) is 4.85. The fourth-order valence-corrected chi connectivity index (χ4v) is 2.92. The fourth-order valence-electron chi connectivity index (χ4n) is 2.92. The first-order valence-corrected chi connectivity index (χ1v) is 6.79. The summed E-state index contributed by atoms with van der Waals surface area (Å²) in [4.78, 5) is 2.41. The van der Waals surface area contributed by atoms with Crippen LogP contribution < -0.4 is 4.90 Å². The molecule has 0 spiro atoms. The van der Waals surface area contributed by atoms with Gasteiger partial charge in [-0.2, -0.15) is 0 Å². The molecular weight excluding hydrogens is 218 g/mol. The minimum Gasteiger partial charge on any atom is -0.372 e. The molecule has 0 saturated carbocycles. The van der Waals surface area contributed by atoms with Gasteiger partial charge in [-0.25, -0.2) is 0 Å².